The summed E-state index contributed by atoms with van der Waals surface area (Å²) in [7, 11) is -1.92. The van der Waals surface area contributed by atoms with Crippen molar-refractivity contribution in [1.29, 1.82) is 0 Å². The molecule has 0 aliphatic carbocycles. The van der Waals surface area contributed by atoms with E-state index < -0.39 is 26.3 Å². The van der Waals surface area contributed by atoms with Gasteiger partial charge in [-0.25, -0.2) is 0 Å². The summed E-state index contributed by atoms with van der Waals surface area (Å²) in [6.45, 7) is 5.53. The summed E-state index contributed by atoms with van der Waals surface area (Å²) in [4.78, 5) is 21.3. The van der Waals surface area contributed by atoms with Gasteiger partial charge < -0.3 is 15.3 Å². The predicted molar refractivity (Wildman–Crippen MR) is 49.7 cm³/mol. The number of carboxylic acids is 1. The Bertz CT molecular complexity index is 211. The standard InChI is InChI=1S/C7H15NO4Si/c1-13(2,3)12-6(9)4-5(8)7(10)11/h5H,4,8H2,1-3H3,(H,10,11)/t5-/m0/s1. The Kier molecular flexibility index (Phi) is 4.08. The molecule has 3 N–H and O–H groups in total. The number of carbonyl (C=O) groups excluding carboxylic acids is 1. The normalized spacial score (nSPS) is 13.5. The molecule has 0 rings (SSSR count). The summed E-state index contributed by atoms with van der Waals surface area (Å²) in [6, 6.07) is -1.16. The highest BCUT2D eigenvalue weighted by Gasteiger charge is 2.23. The fourth-order valence-corrected chi connectivity index (χ4v) is 1.42. The van der Waals surface area contributed by atoms with Gasteiger partial charge in [0.25, 0.3) is 5.97 Å². The fourth-order valence-electron chi connectivity index (χ4n) is 0.650. The molecule has 0 saturated heterocycles. The van der Waals surface area contributed by atoms with Crippen molar-refractivity contribution >= 4 is 20.3 Å². The van der Waals surface area contributed by atoms with Crippen molar-refractivity contribution in [3.05, 3.63) is 0 Å². The molecule has 0 aliphatic heterocycles. The molecule has 0 aromatic carbocycles. The van der Waals surface area contributed by atoms with E-state index >= 15 is 0 Å². The molecular weight excluding hydrogens is 190 g/mol. The maximum absolute atomic E-state index is 11.0. The number of aliphatic carboxylic acids is 1. The Morgan fingerprint density at radius 1 is 1.46 bits per heavy atom. The molecule has 0 radical (unpaired) electrons. The van der Waals surface area contributed by atoms with Crippen molar-refractivity contribution in [2.24, 2.45) is 5.73 Å². The van der Waals surface area contributed by atoms with Crippen molar-refractivity contribution in [3.8, 4) is 0 Å². The smallest absolute Gasteiger partial charge is 0.321 e. The van der Waals surface area contributed by atoms with Gasteiger partial charge in [0.15, 0.2) is 0 Å². The lowest BCUT2D eigenvalue weighted by atomic mass is 10.2. The van der Waals surface area contributed by atoms with Gasteiger partial charge in [-0.3, -0.25) is 9.59 Å². The molecule has 0 amide bonds. The van der Waals surface area contributed by atoms with Gasteiger partial charge in [0, 0.05) is 0 Å². The zero-order valence-electron chi connectivity index (χ0n) is 8.03. The van der Waals surface area contributed by atoms with Crippen LogP contribution >= 0.6 is 0 Å². The minimum atomic E-state index is -1.92. The molecule has 0 spiro atoms. The first kappa shape index (κ1) is 12.1. The lowest BCUT2D eigenvalue weighted by molar-refractivity contribution is -0.144. The second-order valence-corrected chi connectivity index (χ2v) is 8.16. The van der Waals surface area contributed by atoms with Crippen LogP contribution in [0.2, 0.25) is 19.6 Å². The van der Waals surface area contributed by atoms with Crippen LogP contribution < -0.4 is 5.73 Å². The van der Waals surface area contributed by atoms with Gasteiger partial charge in [-0.05, 0) is 19.6 Å². The van der Waals surface area contributed by atoms with Crippen LogP contribution in [0, 0.1) is 0 Å². The molecule has 0 saturated carbocycles. The molecule has 0 aromatic rings. The van der Waals surface area contributed by atoms with E-state index in [1.807, 2.05) is 19.6 Å². The van der Waals surface area contributed by atoms with E-state index in [4.69, 9.17) is 15.3 Å². The maximum Gasteiger partial charge on any atom is 0.321 e. The van der Waals surface area contributed by atoms with Crippen LogP contribution in [0.3, 0.4) is 0 Å². The van der Waals surface area contributed by atoms with Gasteiger partial charge in [0.05, 0.1) is 6.42 Å². The van der Waals surface area contributed by atoms with Crippen molar-refractivity contribution in [1.82, 2.24) is 0 Å². The Labute approximate surface area is 78.0 Å². The topological polar surface area (TPSA) is 89.6 Å². The van der Waals surface area contributed by atoms with Crippen LogP contribution in [-0.2, 0) is 14.0 Å². The van der Waals surface area contributed by atoms with E-state index in [1.54, 1.807) is 0 Å². The van der Waals surface area contributed by atoms with Gasteiger partial charge in [0.1, 0.15) is 6.04 Å². The molecule has 0 bridgehead atoms. The van der Waals surface area contributed by atoms with E-state index in [9.17, 15) is 9.59 Å². The SMILES string of the molecule is C[Si](C)(C)OC(=O)C[C@H](N)C(=O)O. The quantitative estimate of drug-likeness (QED) is 0.638. The Hall–Kier alpha value is -0.883. The fraction of sp³-hybridized carbons (Fsp3) is 0.714. The highest BCUT2D eigenvalue weighted by Crippen LogP contribution is 2.05. The first-order valence-corrected chi connectivity index (χ1v) is 7.33. The van der Waals surface area contributed by atoms with Crippen LogP contribution in [0.25, 0.3) is 0 Å². The molecule has 0 heterocycles. The van der Waals surface area contributed by atoms with Crippen LogP contribution in [0.4, 0.5) is 0 Å². The summed E-state index contributed by atoms with van der Waals surface area (Å²) in [6.07, 6.45) is -0.264. The minimum absolute atomic E-state index is 0.264. The molecule has 1 atom stereocenters. The summed E-state index contributed by atoms with van der Waals surface area (Å²) in [5.41, 5.74) is 5.15. The highest BCUT2D eigenvalue weighted by molar-refractivity contribution is 6.71. The lowest BCUT2D eigenvalue weighted by Gasteiger charge is -2.17. The molecule has 0 fully saturated rings. The summed E-state index contributed by atoms with van der Waals surface area (Å²) in [5.74, 6) is -1.72. The van der Waals surface area contributed by atoms with E-state index in [0.29, 0.717) is 0 Å². The Balaban J connectivity index is 3.96. The van der Waals surface area contributed by atoms with Crippen LogP contribution in [0.5, 0.6) is 0 Å². The third-order valence-corrected chi connectivity index (χ3v) is 1.96. The average Bonchev–Trinajstić information content (AvgIpc) is 1.81. The Morgan fingerprint density at radius 2 is 1.92 bits per heavy atom. The zero-order valence-corrected chi connectivity index (χ0v) is 9.03. The van der Waals surface area contributed by atoms with E-state index in [-0.39, 0.29) is 6.42 Å². The van der Waals surface area contributed by atoms with Gasteiger partial charge in [0.2, 0.25) is 8.32 Å². The number of carbonyl (C=O) groups is 2. The van der Waals surface area contributed by atoms with E-state index in [2.05, 4.69) is 0 Å². The summed E-state index contributed by atoms with van der Waals surface area (Å²) >= 11 is 0. The van der Waals surface area contributed by atoms with Crippen molar-refractivity contribution in [2.45, 2.75) is 32.1 Å². The largest absolute Gasteiger partial charge is 0.520 e. The second kappa shape index (κ2) is 4.38. The minimum Gasteiger partial charge on any atom is -0.520 e. The summed E-state index contributed by atoms with van der Waals surface area (Å²) < 4.78 is 5.02. The van der Waals surface area contributed by atoms with Gasteiger partial charge in [-0.15, -0.1) is 0 Å². The third kappa shape index (κ3) is 6.29. The number of carboxylic acid groups (broad SMARTS) is 1. The van der Waals surface area contributed by atoms with E-state index in [0.717, 1.165) is 0 Å². The molecular formula is C7H15NO4Si. The number of nitrogens with two attached hydrogens (primary N) is 1. The predicted octanol–water partition coefficient (Wildman–Crippen LogP) is 0.166. The number of hydrogen-bond donors (Lipinski definition) is 2. The van der Waals surface area contributed by atoms with E-state index in [1.165, 1.54) is 0 Å². The third-order valence-electron chi connectivity index (χ3n) is 1.12. The van der Waals surface area contributed by atoms with Crippen LogP contribution in [0.15, 0.2) is 0 Å². The Morgan fingerprint density at radius 3 is 2.23 bits per heavy atom. The molecule has 5 nitrogen and oxygen atoms in total. The number of hydrogen-bond acceptors (Lipinski definition) is 4. The molecule has 6 heteroatoms. The number of rotatable bonds is 4. The van der Waals surface area contributed by atoms with Gasteiger partial charge in [-0.1, -0.05) is 0 Å². The summed E-state index contributed by atoms with van der Waals surface area (Å²) in [5, 5.41) is 8.41. The maximum atomic E-state index is 11.0. The van der Waals surface area contributed by atoms with Crippen molar-refractivity contribution in [2.75, 3.05) is 0 Å². The highest BCUT2D eigenvalue weighted by atomic mass is 28.4. The van der Waals surface area contributed by atoms with Gasteiger partial charge in [-0.2, -0.15) is 0 Å². The lowest BCUT2D eigenvalue weighted by Crippen LogP contribution is -2.36. The van der Waals surface area contributed by atoms with Crippen molar-refractivity contribution < 1.29 is 19.1 Å². The second-order valence-electron chi connectivity index (χ2n) is 3.74. The molecule has 0 aromatic heterocycles. The molecule has 13 heavy (non-hydrogen) atoms. The first-order chi connectivity index (χ1) is 5.72. The zero-order chi connectivity index (χ0) is 10.6. The monoisotopic (exact) mass is 205 g/mol. The van der Waals surface area contributed by atoms with Crippen LogP contribution in [-0.4, -0.2) is 31.4 Å². The molecule has 0 unspecified atom stereocenters. The first-order valence-electron chi connectivity index (χ1n) is 3.92. The van der Waals surface area contributed by atoms with Gasteiger partial charge >= 0.3 is 5.97 Å². The van der Waals surface area contributed by atoms with Crippen LogP contribution in [0.1, 0.15) is 6.42 Å². The molecule has 76 valence electrons. The van der Waals surface area contributed by atoms with Crippen molar-refractivity contribution in [3.63, 3.8) is 0 Å². The average molecular weight is 205 g/mol. The molecule has 0 aliphatic rings.